The molecule has 2 aromatic heterocycles. The second-order valence-electron chi connectivity index (χ2n) is 16.4. The van der Waals surface area contributed by atoms with Crippen LogP contribution in [0, 0.1) is 41.5 Å². The van der Waals surface area contributed by atoms with Gasteiger partial charge in [0.2, 0.25) is 0 Å². The van der Waals surface area contributed by atoms with Crippen LogP contribution in [0.3, 0.4) is 0 Å². The summed E-state index contributed by atoms with van der Waals surface area (Å²) in [5.41, 5.74) is 17.0. The average Bonchev–Trinajstić information content (AvgIpc) is 3.68. The summed E-state index contributed by atoms with van der Waals surface area (Å²) in [7, 11) is 2.10. The van der Waals surface area contributed by atoms with Crippen molar-refractivity contribution in [2.75, 3.05) is 18.6 Å². The fraction of sp³-hybridized carbons (Fsp3) is 0.245. The van der Waals surface area contributed by atoms with Crippen LogP contribution < -0.4 is 9.64 Å². The Kier molecular flexibility index (Phi) is 8.64. The number of rotatable bonds is 6. The zero-order valence-corrected chi connectivity index (χ0v) is 33.3. The standard InChI is InChI=1S/C49H50N4O/c1-30-20-32(3)46(33(4)21-30)36-24-38(52-19-18-51(10)29-52)27-40(25-36)54-39-14-15-41-42-12-11-13-43(47-34(5)22-31(2)23-35(47)6)48(42)53(44(41)28-39)45-26-37(16-17-50-45)49(7,8)9/h11-28H,29H2,1-10H3. The maximum Gasteiger partial charge on any atom is 0.137 e. The molecule has 0 radical (unpaired) electrons. The number of hydrogen-bond acceptors (Lipinski definition) is 4. The number of pyridine rings is 1. The summed E-state index contributed by atoms with van der Waals surface area (Å²) in [5.74, 6) is 2.47. The number of fused-ring (bicyclic) bond motifs is 3. The molecule has 54 heavy (non-hydrogen) atoms. The van der Waals surface area contributed by atoms with Crippen LogP contribution in [0.2, 0.25) is 0 Å². The smallest absolute Gasteiger partial charge is 0.137 e. The van der Waals surface area contributed by atoms with E-state index in [1.807, 2.05) is 6.20 Å². The molecule has 3 heterocycles. The van der Waals surface area contributed by atoms with Crippen molar-refractivity contribution < 1.29 is 4.74 Å². The van der Waals surface area contributed by atoms with Crippen LogP contribution in [0.25, 0.3) is 49.9 Å². The first kappa shape index (κ1) is 35.2. The molecule has 272 valence electrons. The molecule has 1 aliphatic rings. The first-order valence-electron chi connectivity index (χ1n) is 18.9. The van der Waals surface area contributed by atoms with Crippen molar-refractivity contribution in [2.45, 2.75) is 67.7 Å². The maximum atomic E-state index is 6.91. The first-order valence-corrected chi connectivity index (χ1v) is 18.9. The molecule has 1 aliphatic heterocycles. The van der Waals surface area contributed by atoms with Crippen LogP contribution in [-0.2, 0) is 5.41 Å². The highest BCUT2D eigenvalue weighted by Gasteiger charge is 2.22. The molecule has 0 aliphatic carbocycles. The van der Waals surface area contributed by atoms with Gasteiger partial charge in [0.1, 0.15) is 17.3 Å². The second kappa shape index (κ2) is 13.2. The Bertz CT molecular complexity index is 2590. The summed E-state index contributed by atoms with van der Waals surface area (Å²) in [4.78, 5) is 9.48. The van der Waals surface area contributed by atoms with Crippen LogP contribution in [-0.4, -0.2) is 28.2 Å². The summed E-state index contributed by atoms with van der Waals surface area (Å²) in [6, 6.07) is 33.3. The molecule has 5 heteroatoms. The molecule has 0 N–H and O–H groups in total. The van der Waals surface area contributed by atoms with Gasteiger partial charge in [0.25, 0.3) is 0 Å². The number of aromatic nitrogens is 2. The minimum atomic E-state index is -0.0338. The maximum absolute atomic E-state index is 6.91. The van der Waals surface area contributed by atoms with Crippen molar-refractivity contribution in [2.24, 2.45) is 0 Å². The van der Waals surface area contributed by atoms with Crippen molar-refractivity contribution in [1.29, 1.82) is 0 Å². The van der Waals surface area contributed by atoms with Gasteiger partial charge in [0, 0.05) is 59.8 Å². The van der Waals surface area contributed by atoms with Crippen LogP contribution in [0.15, 0.2) is 110 Å². The molecule has 0 bridgehead atoms. The second-order valence-corrected chi connectivity index (χ2v) is 16.4. The van der Waals surface area contributed by atoms with Crippen LogP contribution >= 0.6 is 0 Å². The zero-order valence-electron chi connectivity index (χ0n) is 33.3. The number of aryl methyl sites for hydroxylation is 6. The van der Waals surface area contributed by atoms with E-state index in [4.69, 9.17) is 9.72 Å². The van der Waals surface area contributed by atoms with Crippen molar-refractivity contribution in [1.82, 2.24) is 14.5 Å². The molecule has 0 saturated heterocycles. The van der Waals surface area contributed by atoms with Gasteiger partial charge in [-0.15, -0.1) is 0 Å². The monoisotopic (exact) mass is 710 g/mol. The van der Waals surface area contributed by atoms with Gasteiger partial charge in [-0.25, -0.2) is 4.98 Å². The lowest BCUT2D eigenvalue weighted by Gasteiger charge is -2.21. The van der Waals surface area contributed by atoms with Crippen molar-refractivity contribution in [3.63, 3.8) is 0 Å². The Labute approximate surface area is 320 Å². The average molecular weight is 711 g/mol. The number of para-hydroxylation sites is 1. The minimum absolute atomic E-state index is 0.0338. The highest BCUT2D eigenvalue weighted by molar-refractivity contribution is 6.14. The summed E-state index contributed by atoms with van der Waals surface area (Å²) in [5, 5.41) is 2.35. The molecule has 0 unspecified atom stereocenters. The fourth-order valence-electron chi connectivity index (χ4n) is 8.58. The molecule has 0 spiro atoms. The SMILES string of the molecule is Cc1cc(C)c(-c2cc(Oc3ccc4c5cccc(-c6c(C)cc(C)cc6C)c5n(-c5cc(C(C)(C)C)ccn5)c4c3)cc(N3C=CN(C)C3)c2)c(C)c1. The van der Waals surface area contributed by atoms with E-state index in [0.29, 0.717) is 0 Å². The Morgan fingerprint density at radius 1 is 0.648 bits per heavy atom. The summed E-state index contributed by atoms with van der Waals surface area (Å²) >= 11 is 0. The third-order valence-corrected chi connectivity index (χ3v) is 10.8. The van der Waals surface area contributed by atoms with Crippen molar-refractivity contribution in [3.05, 3.63) is 149 Å². The minimum Gasteiger partial charge on any atom is -0.457 e. The summed E-state index contributed by atoms with van der Waals surface area (Å²) in [6.45, 7) is 20.7. The van der Waals surface area contributed by atoms with Gasteiger partial charge in [0.15, 0.2) is 0 Å². The lowest BCUT2D eigenvalue weighted by molar-refractivity contribution is 0.481. The van der Waals surface area contributed by atoms with Gasteiger partial charge in [0.05, 0.1) is 17.7 Å². The van der Waals surface area contributed by atoms with Crippen LogP contribution in [0.4, 0.5) is 5.69 Å². The van der Waals surface area contributed by atoms with Gasteiger partial charge in [-0.05, 0) is 128 Å². The molecular weight excluding hydrogens is 661 g/mol. The largest absolute Gasteiger partial charge is 0.457 e. The zero-order chi connectivity index (χ0) is 38.1. The predicted molar refractivity (Wildman–Crippen MR) is 227 cm³/mol. The van der Waals surface area contributed by atoms with Crippen molar-refractivity contribution >= 4 is 27.5 Å². The Hall–Kier alpha value is -5.81. The molecule has 7 aromatic rings. The van der Waals surface area contributed by atoms with Crippen LogP contribution in [0.5, 0.6) is 11.5 Å². The Morgan fingerprint density at radius 2 is 1.33 bits per heavy atom. The number of hydrogen-bond donors (Lipinski definition) is 0. The van der Waals surface area contributed by atoms with E-state index in [2.05, 4.69) is 187 Å². The number of ether oxygens (including phenoxy) is 1. The first-order chi connectivity index (χ1) is 25.7. The van der Waals surface area contributed by atoms with Gasteiger partial charge in [-0.2, -0.15) is 0 Å². The van der Waals surface area contributed by atoms with Crippen LogP contribution in [0.1, 0.15) is 59.7 Å². The van der Waals surface area contributed by atoms with E-state index in [-0.39, 0.29) is 5.41 Å². The quantitative estimate of drug-likeness (QED) is 0.172. The summed E-state index contributed by atoms with van der Waals surface area (Å²) in [6.07, 6.45) is 6.19. The Balaban J connectivity index is 1.34. The summed E-state index contributed by atoms with van der Waals surface area (Å²) < 4.78 is 9.27. The highest BCUT2D eigenvalue weighted by atomic mass is 16.5. The normalized spacial score (nSPS) is 13.1. The molecule has 0 amide bonds. The molecule has 0 saturated carbocycles. The molecule has 0 atom stereocenters. The van der Waals surface area contributed by atoms with E-state index in [9.17, 15) is 0 Å². The molecule has 5 aromatic carbocycles. The fourth-order valence-corrected chi connectivity index (χ4v) is 8.58. The van der Waals surface area contributed by atoms with Gasteiger partial charge >= 0.3 is 0 Å². The molecule has 0 fully saturated rings. The lowest BCUT2D eigenvalue weighted by atomic mass is 9.88. The van der Waals surface area contributed by atoms with Gasteiger partial charge < -0.3 is 14.5 Å². The van der Waals surface area contributed by atoms with E-state index in [1.165, 1.54) is 61.0 Å². The lowest BCUT2D eigenvalue weighted by Crippen LogP contribution is -2.21. The number of anilines is 1. The molecular formula is C49H50N4O. The van der Waals surface area contributed by atoms with E-state index in [0.717, 1.165) is 51.7 Å². The van der Waals surface area contributed by atoms with E-state index >= 15 is 0 Å². The third kappa shape index (κ3) is 6.32. The molecule has 5 nitrogen and oxygen atoms in total. The van der Waals surface area contributed by atoms with Gasteiger partial charge in [-0.3, -0.25) is 4.57 Å². The number of benzene rings is 5. The molecule has 8 rings (SSSR count). The highest BCUT2D eigenvalue weighted by Crippen LogP contribution is 2.43. The predicted octanol–water partition coefficient (Wildman–Crippen LogP) is 12.6. The number of nitrogens with zero attached hydrogens (tertiary/aromatic N) is 4. The Morgan fingerprint density at radius 3 is 1.98 bits per heavy atom. The third-order valence-electron chi connectivity index (χ3n) is 10.8. The van der Waals surface area contributed by atoms with Crippen molar-refractivity contribution in [3.8, 4) is 39.6 Å². The topological polar surface area (TPSA) is 33.5 Å². The van der Waals surface area contributed by atoms with E-state index < -0.39 is 0 Å². The van der Waals surface area contributed by atoms with E-state index in [1.54, 1.807) is 0 Å². The van der Waals surface area contributed by atoms with Gasteiger partial charge in [-0.1, -0.05) is 74.4 Å².